The first-order valence-electron chi connectivity index (χ1n) is 5.62. The van der Waals surface area contributed by atoms with Crippen LogP contribution in [-0.4, -0.2) is 11.2 Å². The zero-order valence-electron chi connectivity index (χ0n) is 10.4. The van der Waals surface area contributed by atoms with Crippen LogP contribution in [0, 0.1) is 11.3 Å². The number of aliphatic hydroxyl groups is 1. The normalized spacial score (nSPS) is 16.4. The van der Waals surface area contributed by atoms with Crippen LogP contribution in [-0.2, 0) is 0 Å². The monoisotopic (exact) mass is 198 g/mol. The van der Waals surface area contributed by atoms with Crippen LogP contribution < -0.4 is 0 Å². The van der Waals surface area contributed by atoms with Gasteiger partial charge >= 0.3 is 0 Å². The molecule has 0 heterocycles. The molecule has 0 rings (SSSR count). The van der Waals surface area contributed by atoms with Crippen LogP contribution in [0.15, 0.2) is 12.2 Å². The summed E-state index contributed by atoms with van der Waals surface area (Å²) in [6, 6.07) is 0. The SMILES string of the molecule is C=C(CC)CC(O)CC(C)C(C)(C)C. The molecule has 0 saturated carbocycles. The van der Waals surface area contributed by atoms with Crippen molar-refractivity contribution < 1.29 is 5.11 Å². The summed E-state index contributed by atoms with van der Waals surface area (Å²) in [5.74, 6) is 0.544. The van der Waals surface area contributed by atoms with E-state index in [1.807, 2.05) is 0 Å². The molecule has 0 aromatic carbocycles. The third kappa shape index (κ3) is 5.43. The molecule has 14 heavy (non-hydrogen) atoms. The van der Waals surface area contributed by atoms with Crippen molar-refractivity contribution in [3.8, 4) is 0 Å². The van der Waals surface area contributed by atoms with Gasteiger partial charge in [-0.25, -0.2) is 0 Å². The molecule has 1 N–H and O–H groups in total. The quantitative estimate of drug-likeness (QED) is 0.667. The fourth-order valence-corrected chi connectivity index (χ4v) is 1.32. The topological polar surface area (TPSA) is 20.2 Å². The fourth-order valence-electron chi connectivity index (χ4n) is 1.32. The predicted octanol–water partition coefficient (Wildman–Crippen LogP) is 3.78. The van der Waals surface area contributed by atoms with E-state index in [2.05, 4.69) is 41.2 Å². The molecule has 0 spiro atoms. The summed E-state index contributed by atoms with van der Waals surface area (Å²) in [5, 5.41) is 9.82. The summed E-state index contributed by atoms with van der Waals surface area (Å²) in [6.45, 7) is 14.9. The molecular formula is C13H26O. The molecule has 0 saturated heterocycles. The van der Waals surface area contributed by atoms with Gasteiger partial charge in [0.05, 0.1) is 6.10 Å². The van der Waals surface area contributed by atoms with Gasteiger partial charge in [0.2, 0.25) is 0 Å². The van der Waals surface area contributed by atoms with Crippen molar-refractivity contribution in [1.29, 1.82) is 0 Å². The first-order chi connectivity index (χ1) is 6.27. The highest BCUT2D eigenvalue weighted by Gasteiger charge is 2.22. The molecular weight excluding hydrogens is 172 g/mol. The van der Waals surface area contributed by atoms with Gasteiger partial charge in [-0.2, -0.15) is 0 Å². The Morgan fingerprint density at radius 3 is 2.21 bits per heavy atom. The molecule has 0 aliphatic heterocycles. The minimum Gasteiger partial charge on any atom is -0.393 e. The van der Waals surface area contributed by atoms with Crippen LogP contribution in [0.1, 0.15) is 53.9 Å². The van der Waals surface area contributed by atoms with Crippen molar-refractivity contribution in [1.82, 2.24) is 0 Å². The molecule has 0 amide bonds. The third-order valence-electron chi connectivity index (χ3n) is 3.13. The molecule has 0 fully saturated rings. The molecule has 0 aliphatic carbocycles. The average Bonchev–Trinajstić information content (AvgIpc) is 2.02. The lowest BCUT2D eigenvalue weighted by molar-refractivity contribution is 0.110. The van der Waals surface area contributed by atoms with Crippen molar-refractivity contribution in [2.24, 2.45) is 11.3 Å². The van der Waals surface area contributed by atoms with E-state index in [0.717, 1.165) is 24.8 Å². The highest BCUT2D eigenvalue weighted by atomic mass is 16.3. The predicted molar refractivity (Wildman–Crippen MR) is 63.3 cm³/mol. The molecule has 0 aliphatic rings. The Morgan fingerprint density at radius 2 is 1.86 bits per heavy atom. The Kier molecular flexibility index (Phi) is 5.43. The lowest BCUT2D eigenvalue weighted by Crippen LogP contribution is -2.23. The van der Waals surface area contributed by atoms with Gasteiger partial charge in [0.25, 0.3) is 0 Å². The van der Waals surface area contributed by atoms with Crippen LogP contribution in [0.4, 0.5) is 0 Å². The second-order valence-corrected chi connectivity index (χ2v) is 5.46. The second kappa shape index (κ2) is 5.55. The van der Waals surface area contributed by atoms with Crippen molar-refractivity contribution in [3.63, 3.8) is 0 Å². The van der Waals surface area contributed by atoms with Crippen molar-refractivity contribution in [2.45, 2.75) is 60.0 Å². The lowest BCUT2D eigenvalue weighted by Gasteiger charge is -2.29. The van der Waals surface area contributed by atoms with Gasteiger partial charge in [-0.1, -0.05) is 46.8 Å². The molecule has 2 atom stereocenters. The molecule has 0 bridgehead atoms. The standard InChI is InChI=1S/C13H26O/c1-7-10(2)8-12(14)9-11(3)13(4,5)6/h11-12,14H,2,7-9H2,1,3-6H3. The van der Waals surface area contributed by atoms with Crippen molar-refractivity contribution in [3.05, 3.63) is 12.2 Å². The second-order valence-electron chi connectivity index (χ2n) is 5.46. The summed E-state index contributed by atoms with van der Waals surface area (Å²) in [4.78, 5) is 0. The molecule has 1 nitrogen and oxygen atoms in total. The number of aliphatic hydroxyl groups excluding tert-OH is 1. The Bertz CT molecular complexity index is 176. The van der Waals surface area contributed by atoms with E-state index in [9.17, 15) is 5.11 Å². The zero-order chi connectivity index (χ0) is 11.4. The number of rotatable bonds is 5. The first kappa shape index (κ1) is 13.7. The molecule has 0 aromatic heterocycles. The summed E-state index contributed by atoms with van der Waals surface area (Å²) < 4.78 is 0. The van der Waals surface area contributed by atoms with E-state index in [-0.39, 0.29) is 11.5 Å². The lowest BCUT2D eigenvalue weighted by atomic mass is 9.78. The van der Waals surface area contributed by atoms with Gasteiger partial charge in [-0.3, -0.25) is 0 Å². The maximum absolute atomic E-state index is 9.82. The average molecular weight is 198 g/mol. The van der Waals surface area contributed by atoms with Crippen LogP contribution in [0.3, 0.4) is 0 Å². The number of hydrogen-bond donors (Lipinski definition) is 1. The van der Waals surface area contributed by atoms with E-state index in [4.69, 9.17) is 0 Å². The third-order valence-corrected chi connectivity index (χ3v) is 3.13. The van der Waals surface area contributed by atoms with Crippen LogP contribution >= 0.6 is 0 Å². The van der Waals surface area contributed by atoms with Gasteiger partial charge in [-0.05, 0) is 30.6 Å². The maximum Gasteiger partial charge on any atom is 0.0580 e. The molecule has 1 heteroatoms. The summed E-state index contributed by atoms with van der Waals surface area (Å²) in [7, 11) is 0. The summed E-state index contributed by atoms with van der Waals surface area (Å²) in [5.41, 5.74) is 1.44. The van der Waals surface area contributed by atoms with E-state index in [1.54, 1.807) is 0 Å². The Hall–Kier alpha value is -0.300. The van der Waals surface area contributed by atoms with Crippen LogP contribution in [0.5, 0.6) is 0 Å². The molecule has 0 radical (unpaired) electrons. The van der Waals surface area contributed by atoms with Crippen molar-refractivity contribution in [2.75, 3.05) is 0 Å². The summed E-state index contributed by atoms with van der Waals surface area (Å²) in [6.07, 6.45) is 2.40. The van der Waals surface area contributed by atoms with Gasteiger partial charge in [0.1, 0.15) is 0 Å². The minimum absolute atomic E-state index is 0.211. The van der Waals surface area contributed by atoms with Gasteiger partial charge < -0.3 is 5.11 Å². The van der Waals surface area contributed by atoms with E-state index >= 15 is 0 Å². The van der Waals surface area contributed by atoms with Crippen LogP contribution in [0.25, 0.3) is 0 Å². The highest BCUT2D eigenvalue weighted by molar-refractivity contribution is 4.95. The van der Waals surface area contributed by atoms with Gasteiger partial charge in [0, 0.05) is 0 Å². The first-order valence-corrected chi connectivity index (χ1v) is 5.62. The zero-order valence-corrected chi connectivity index (χ0v) is 10.4. The highest BCUT2D eigenvalue weighted by Crippen LogP contribution is 2.30. The van der Waals surface area contributed by atoms with E-state index < -0.39 is 0 Å². The summed E-state index contributed by atoms with van der Waals surface area (Å²) >= 11 is 0. The Balaban J connectivity index is 3.94. The van der Waals surface area contributed by atoms with Gasteiger partial charge in [-0.15, -0.1) is 0 Å². The molecule has 84 valence electrons. The largest absolute Gasteiger partial charge is 0.393 e. The number of hydrogen-bond acceptors (Lipinski definition) is 1. The van der Waals surface area contributed by atoms with E-state index in [0.29, 0.717) is 5.92 Å². The minimum atomic E-state index is -0.211. The maximum atomic E-state index is 9.82. The fraction of sp³-hybridized carbons (Fsp3) is 0.846. The Labute approximate surface area is 89.2 Å². The van der Waals surface area contributed by atoms with Gasteiger partial charge in [0.15, 0.2) is 0 Å². The smallest absolute Gasteiger partial charge is 0.0580 e. The molecule has 0 aromatic rings. The van der Waals surface area contributed by atoms with Crippen molar-refractivity contribution >= 4 is 0 Å². The van der Waals surface area contributed by atoms with E-state index in [1.165, 1.54) is 0 Å². The Morgan fingerprint density at radius 1 is 1.36 bits per heavy atom. The molecule has 2 unspecified atom stereocenters. The van der Waals surface area contributed by atoms with Crippen LogP contribution in [0.2, 0.25) is 0 Å².